The van der Waals surface area contributed by atoms with Crippen LogP contribution in [-0.2, 0) is 17.9 Å². The lowest BCUT2D eigenvalue weighted by atomic mass is 10.1. The van der Waals surface area contributed by atoms with E-state index in [1.54, 1.807) is 13.3 Å². The van der Waals surface area contributed by atoms with Crippen molar-refractivity contribution in [1.82, 2.24) is 9.88 Å². The zero-order valence-corrected chi connectivity index (χ0v) is 11.7. The maximum atomic E-state index is 5.70. The van der Waals surface area contributed by atoms with E-state index in [1.807, 2.05) is 24.4 Å². The number of rotatable bonds is 6. The van der Waals surface area contributed by atoms with Gasteiger partial charge in [0.2, 0.25) is 0 Å². The molecule has 0 aromatic carbocycles. The van der Waals surface area contributed by atoms with Crippen molar-refractivity contribution in [2.24, 2.45) is 0 Å². The van der Waals surface area contributed by atoms with E-state index >= 15 is 0 Å². The molecule has 0 saturated heterocycles. The number of pyridine rings is 1. The van der Waals surface area contributed by atoms with Crippen LogP contribution in [-0.4, -0.2) is 24.0 Å². The summed E-state index contributed by atoms with van der Waals surface area (Å²) in [6.45, 7) is 3.44. The molecule has 0 bridgehead atoms. The predicted molar refractivity (Wildman–Crippen MR) is 73.5 cm³/mol. The zero-order chi connectivity index (χ0) is 13.7. The van der Waals surface area contributed by atoms with Crippen LogP contribution in [0.5, 0.6) is 0 Å². The van der Waals surface area contributed by atoms with Gasteiger partial charge in [0.25, 0.3) is 0 Å². The first-order chi connectivity index (χ1) is 9.20. The van der Waals surface area contributed by atoms with E-state index in [0.717, 1.165) is 18.1 Å². The molecule has 0 spiro atoms. The second-order valence-corrected chi connectivity index (χ2v) is 4.68. The van der Waals surface area contributed by atoms with Gasteiger partial charge < -0.3 is 9.15 Å². The van der Waals surface area contributed by atoms with Gasteiger partial charge in [-0.1, -0.05) is 6.07 Å². The molecule has 2 aromatic rings. The molecule has 0 saturated carbocycles. The average Bonchev–Trinajstić information content (AvgIpc) is 2.86. The van der Waals surface area contributed by atoms with Crippen LogP contribution in [0.4, 0.5) is 0 Å². The highest BCUT2D eigenvalue weighted by Gasteiger charge is 2.13. The summed E-state index contributed by atoms with van der Waals surface area (Å²) in [5.41, 5.74) is 1.20. The second-order valence-electron chi connectivity index (χ2n) is 4.68. The minimum Gasteiger partial charge on any atom is -0.462 e. The summed E-state index contributed by atoms with van der Waals surface area (Å²) in [4.78, 5) is 6.39. The number of nitrogens with zero attached hydrogens (tertiary/aromatic N) is 2. The van der Waals surface area contributed by atoms with Crippen molar-refractivity contribution in [3.8, 4) is 0 Å². The number of ether oxygens (including phenoxy) is 1. The molecule has 0 fully saturated rings. The fraction of sp³-hybridized carbons (Fsp3) is 0.400. The Morgan fingerprint density at radius 1 is 1.32 bits per heavy atom. The van der Waals surface area contributed by atoms with Crippen LogP contribution in [0.1, 0.15) is 30.0 Å². The van der Waals surface area contributed by atoms with Gasteiger partial charge in [-0.05, 0) is 37.7 Å². The third-order valence-corrected chi connectivity index (χ3v) is 3.24. The van der Waals surface area contributed by atoms with E-state index in [-0.39, 0.29) is 0 Å². The van der Waals surface area contributed by atoms with Crippen molar-refractivity contribution in [3.05, 3.63) is 53.7 Å². The summed E-state index contributed by atoms with van der Waals surface area (Å²) >= 11 is 0. The molecule has 19 heavy (non-hydrogen) atoms. The molecule has 0 N–H and O–H groups in total. The third kappa shape index (κ3) is 3.66. The van der Waals surface area contributed by atoms with Crippen LogP contribution >= 0.6 is 0 Å². The molecule has 0 aliphatic heterocycles. The largest absolute Gasteiger partial charge is 0.462 e. The lowest BCUT2D eigenvalue weighted by Gasteiger charge is -2.23. The molecule has 4 heteroatoms. The topological polar surface area (TPSA) is 38.5 Å². The number of aromatic nitrogens is 1. The van der Waals surface area contributed by atoms with Gasteiger partial charge in [-0.2, -0.15) is 0 Å². The highest BCUT2D eigenvalue weighted by Crippen LogP contribution is 2.20. The molecule has 2 rings (SSSR count). The SMILES string of the molecule is COCc1ccc(CN(C)[C@@H](C)c2cccnc2)o1. The fourth-order valence-corrected chi connectivity index (χ4v) is 1.99. The summed E-state index contributed by atoms with van der Waals surface area (Å²) in [6, 6.07) is 8.31. The minimum absolute atomic E-state index is 0.296. The molecule has 2 heterocycles. The highest BCUT2D eigenvalue weighted by molar-refractivity contribution is 5.13. The fourth-order valence-electron chi connectivity index (χ4n) is 1.99. The Kier molecular flexibility index (Phi) is 4.71. The van der Waals surface area contributed by atoms with Crippen LogP contribution in [0.25, 0.3) is 0 Å². The summed E-state index contributed by atoms with van der Waals surface area (Å²) in [5, 5.41) is 0. The maximum absolute atomic E-state index is 5.70. The first kappa shape index (κ1) is 13.8. The highest BCUT2D eigenvalue weighted by atomic mass is 16.5. The standard InChI is InChI=1S/C15H20N2O2/c1-12(13-5-4-8-16-9-13)17(2)10-14-6-7-15(19-14)11-18-3/h4-9,12H,10-11H2,1-3H3/t12-/m0/s1. The van der Waals surface area contributed by atoms with Gasteiger partial charge in [0.05, 0.1) is 6.54 Å². The molecule has 4 nitrogen and oxygen atoms in total. The van der Waals surface area contributed by atoms with Crippen molar-refractivity contribution in [1.29, 1.82) is 0 Å². The molecular weight excluding hydrogens is 240 g/mol. The number of furan rings is 1. The molecule has 102 valence electrons. The molecule has 0 aliphatic carbocycles. The van der Waals surface area contributed by atoms with Gasteiger partial charge in [0, 0.05) is 25.5 Å². The van der Waals surface area contributed by atoms with Crippen molar-refractivity contribution in [2.45, 2.75) is 26.1 Å². The van der Waals surface area contributed by atoms with Gasteiger partial charge in [0.15, 0.2) is 0 Å². The first-order valence-corrected chi connectivity index (χ1v) is 6.37. The molecule has 2 aromatic heterocycles. The van der Waals surface area contributed by atoms with E-state index in [1.165, 1.54) is 5.56 Å². The molecule has 1 atom stereocenters. The van der Waals surface area contributed by atoms with Gasteiger partial charge >= 0.3 is 0 Å². The molecule has 0 unspecified atom stereocenters. The molecular formula is C15H20N2O2. The lowest BCUT2D eigenvalue weighted by Crippen LogP contribution is -2.21. The summed E-state index contributed by atoms with van der Waals surface area (Å²) in [6.07, 6.45) is 3.69. The Labute approximate surface area is 114 Å². The van der Waals surface area contributed by atoms with Crippen molar-refractivity contribution >= 4 is 0 Å². The van der Waals surface area contributed by atoms with Crippen LogP contribution in [0.3, 0.4) is 0 Å². The second kappa shape index (κ2) is 6.50. The van der Waals surface area contributed by atoms with E-state index < -0.39 is 0 Å². The number of hydrogen-bond donors (Lipinski definition) is 0. The lowest BCUT2D eigenvalue weighted by molar-refractivity contribution is 0.158. The third-order valence-electron chi connectivity index (χ3n) is 3.24. The Morgan fingerprint density at radius 3 is 2.79 bits per heavy atom. The predicted octanol–water partition coefficient (Wildman–Crippen LogP) is 3.01. The first-order valence-electron chi connectivity index (χ1n) is 6.37. The number of methoxy groups -OCH3 is 1. The van der Waals surface area contributed by atoms with Gasteiger partial charge in [-0.25, -0.2) is 0 Å². The summed E-state index contributed by atoms with van der Waals surface area (Å²) < 4.78 is 10.7. The summed E-state index contributed by atoms with van der Waals surface area (Å²) in [5.74, 6) is 1.81. The Hall–Kier alpha value is -1.65. The van der Waals surface area contributed by atoms with Crippen LogP contribution < -0.4 is 0 Å². The smallest absolute Gasteiger partial charge is 0.129 e. The average molecular weight is 260 g/mol. The Morgan fingerprint density at radius 2 is 2.11 bits per heavy atom. The van der Waals surface area contributed by atoms with Crippen molar-refractivity contribution in [3.63, 3.8) is 0 Å². The maximum Gasteiger partial charge on any atom is 0.129 e. The Balaban J connectivity index is 1.98. The van der Waals surface area contributed by atoms with E-state index in [0.29, 0.717) is 12.6 Å². The summed E-state index contributed by atoms with van der Waals surface area (Å²) in [7, 11) is 3.75. The molecule has 0 aliphatic rings. The number of hydrogen-bond acceptors (Lipinski definition) is 4. The van der Waals surface area contributed by atoms with Gasteiger partial charge in [-0.3, -0.25) is 9.88 Å². The zero-order valence-electron chi connectivity index (χ0n) is 11.7. The van der Waals surface area contributed by atoms with Crippen molar-refractivity contribution < 1.29 is 9.15 Å². The van der Waals surface area contributed by atoms with Crippen LogP contribution in [0.2, 0.25) is 0 Å². The van der Waals surface area contributed by atoms with Crippen molar-refractivity contribution in [2.75, 3.05) is 14.2 Å². The quantitative estimate of drug-likeness (QED) is 0.800. The van der Waals surface area contributed by atoms with Gasteiger partial charge in [0.1, 0.15) is 18.1 Å². The van der Waals surface area contributed by atoms with E-state index in [2.05, 4.69) is 29.9 Å². The van der Waals surface area contributed by atoms with E-state index in [9.17, 15) is 0 Å². The Bertz CT molecular complexity index is 496. The van der Waals surface area contributed by atoms with Crippen LogP contribution in [0, 0.1) is 0 Å². The molecule has 0 amide bonds. The molecule has 0 radical (unpaired) electrons. The van der Waals surface area contributed by atoms with Crippen LogP contribution in [0.15, 0.2) is 41.1 Å². The normalized spacial score (nSPS) is 12.8. The van der Waals surface area contributed by atoms with E-state index in [4.69, 9.17) is 9.15 Å². The minimum atomic E-state index is 0.296. The monoisotopic (exact) mass is 260 g/mol. The van der Waals surface area contributed by atoms with Gasteiger partial charge in [-0.15, -0.1) is 0 Å².